The van der Waals surface area contributed by atoms with Crippen LogP contribution in [0.2, 0.25) is 0 Å². The summed E-state index contributed by atoms with van der Waals surface area (Å²) in [5.74, 6) is -4.30. The first-order valence-electron chi connectivity index (χ1n) is 7.74. The van der Waals surface area contributed by atoms with Gasteiger partial charge in [0.25, 0.3) is 5.91 Å². The molecule has 0 radical (unpaired) electrons. The molecule has 0 aliphatic carbocycles. The van der Waals surface area contributed by atoms with Gasteiger partial charge in [-0.2, -0.15) is 0 Å². The normalized spacial score (nSPS) is 23.0. The van der Waals surface area contributed by atoms with E-state index < -0.39 is 28.9 Å². The fourth-order valence-corrected chi connectivity index (χ4v) is 3.48. The van der Waals surface area contributed by atoms with Crippen LogP contribution in [0.1, 0.15) is 36.0 Å². The van der Waals surface area contributed by atoms with Gasteiger partial charge >= 0.3 is 0 Å². The summed E-state index contributed by atoms with van der Waals surface area (Å²) < 4.78 is 39.9. The second kappa shape index (κ2) is 6.28. The van der Waals surface area contributed by atoms with Crippen LogP contribution in [-0.2, 0) is 0 Å². The van der Waals surface area contributed by atoms with Crippen molar-refractivity contribution in [2.24, 2.45) is 5.92 Å². The number of amides is 1. The molecule has 2 aliphatic heterocycles. The number of hydrogen-bond donors (Lipinski definition) is 1. The van der Waals surface area contributed by atoms with Crippen LogP contribution in [0.3, 0.4) is 0 Å². The first kappa shape index (κ1) is 15.3. The maximum Gasteiger partial charge on any atom is 0.256 e. The average Bonchev–Trinajstić information content (AvgIpc) is 3.07. The van der Waals surface area contributed by atoms with Gasteiger partial charge < -0.3 is 10.2 Å². The number of rotatable bonds is 2. The molecule has 0 saturated carbocycles. The Morgan fingerprint density at radius 3 is 2.45 bits per heavy atom. The Morgan fingerprint density at radius 1 is 1.09 bits per heavy atom. The molecule has 0 bridgehead atoms. The smallest absolute Gasteiger partial charge is 0.256 e. The molecule has 6 heteroatoms. The molecular formula is C16H19F3N2O. The summed E-state index contributed by atoms with van der Waals surface area (Å²) in [5.41, 5.74) is -0.392. The third-order valence-electron chi connectivity index (χ3n) is 4.76. The predicted molar refractivity (Wildman–Crippen MR) is 76.0 cm³/mol. The van der Waals surface area contributed by atoms with Crippen molar-refractivity contribution in [3.63, 3.8) is 0 Å². The van der Waals surface area contributed by atoms with Gasteiger partial charge in [-0.15, -0.1) is 0 Å². The third kappa shape index (κ3) is 2.84. The number of nitrogens with zero attached hydrogens (tertiary/aromatic N) is 1. The molecule has 1 unspecified atom stereocenters. The summed E-state index contributed by atoms with van der Waals surface area (Å²) in [5, 5.41) is 3.47. The molecule has 2 heterocycles. The third-order valence-corrected chi connectivity index (χ3v) is 4.76. The molecule has 1 N–H and O–H groups in total. The second-order valence-corrected chi connectivity index (χ2v) is 6.06. The number of piperidine rings is 1. The van der Waals surface area contributed by atoms with Crippen molar-refractivity contribution in [3.8, 4) is 0 Å². The Kier molecular flexibility index (Phi) is 4.38. The van der Waals surface area contributed by atoms with Gasteiger partial charge in [-0.05, 0) is 50.3 Å². The molecule has 22 heavy (non-hydrogen) atoms. The van der Waals surface area contributed by atoms with Crippen LogP contribution in [0.5, 0.6) is 0 Å². The van der Waals surface area contributed by atoms with Crippen LogP contribution in [0, 0.1) is 23.4 Å². The van der Waals surface area contributed by atoms with E-state index in [2.05, 4.69) is 5.32 Å². The van der Waals surface area contributed by atoms with Gasteiger partial charge in [0, 0.05) is 19.1 Å². The van der Waals surface area contributed by atoms with Crippen LogP contribution in [0.4, 0.5) is 13.2 Å². The topological polar surface area (TPSA) is 32.3 Å². The van der Waals surface area contributed by atoms with Gasteiger partial charge in [0.1, 0.15) is 0 Å². The molecule has 1 amide bonds. The van der Waals surface area contributed by atoms with Crippen LogP contribution < -0.4 is 5.32 Å². The molecule has 0 aromatic heterocycles. The zero-order chi connectivity index (χ0) is 15.7. The lowest BCUT2D eigenvalue weighted by Gasteiger charge is -2.35. The van der Waals surface area contributed by atoms with E-state index in [0.29, 0.717) is 25.0 Å². The lowest BCUT2D eigenvalue weighted by atomic mass is 9.88. The molecule has 0 spiro atoms. The van der Waals surface area contributed by atoms with E-state index in [0.717, 1.165) is 37.9 Å². The summed E-state index contributed by atoms with van der Waals surface area (Å²) in [4.78, 5) is 13.8. The van der Waals surface area contributed by atoms with E-state index in [1.54, 1.807) is 0 Å². The van der Waals surface area contributed by atoms with E-state index >= 15 is 0 Å². The minimum Gasteiger partial charge on any atom is -0.339 e. The van der Waals surface area contributed by atoms with Crippen LogP contribution in [-0.4, -0.2) is 36.5 Å². The number of carbonyl (C=O) groups is 1. The Bertz CT molecular complexity index is 565. The Balaban J connectivity index is 1.66. The van der Waals surface area contributed by atoms with Gasteiger partial charge in [0.15, 0.2) is 17.5 Å². The summed E-state index contributed by atoms with van der Waals surface area (Å²) >= 11 is 0. The van der Waals surface area contributed by atoms with E-state index in [9.17, 15) is 18.0 Å². The van der Waals surface area contributed by atoms with Crippen LogP contribution >= 0.6 is 0 Å². The molecule has 2 saturated heterocycles. The maximum absolute atomic E-state index is 13.7. The molecule has 2 fully saturated rings. The van der Waals surface area contributed by atoms with Gasteiger partial charge in [-0.1, -0.05) is 0 Å². The molecular weight excluding hydrogens is 293 g/mol. The quantitative estimate of drug-likeness (QED) is 0.852. The second-order valence-electron chi connectivity index (χ2n) is 6.06. The first-order chi connectivity index (χ1) is 10.6. The van der Waals surface area contributed by atoms with E-state index in [4.69, 9.17) is 0 Å². The molecule has 1 aromatic carbocycles. The van der Waals surface area contributed by atoms with Gasteiger partial charge in [0.05, 0.1) is 5.56 Å². The Morgan fingerprint density at radius 2 is 1.82 bits per heavy atom. The summed E-state index contributed by atoms with van der Waals surface area (Å²) in [7, 11) is 0. The fraction of sp³-hybridized carbons (Fsp3) is 0.562. The van der Waals surface area contributed by atoms with Crippen LogP contribution in [0.15, 0.2) is 12.1 Å². The molecule has 1 aromatic rings. The van der Waals surface area contributed by atoms with Crippen molar-refractivity contribution in [3.05, 3.63) is 35.1 Å². The maximum atomic E-state index is 13.7. The monoisotopic (exact) mass is 312 g/mol. The largest absolute Gasteiger partial charge is 0.339 e. The van der Waals surface area contributed by atoms with Crippen molar-refractivity contribution in [2.75, 3.05) is 19.6 Å². The SMILES string of the molecule is O=C(c1ccc(F)c(F)c1F)N1CCC(C2CCCN2)CC1. The number of hydrogen-bond acceptors (Lipinski definition) is 2. The van der Waals surface area contributed by atoms with Crippen molar-refractivity contribution in [1.82, 2.24) is 10.2 Å². The Labute approximate surface area is 127 Å². The Hall–Kier alpha value is -1.56. The minimum atomic E-state index is -1.59. The van der Waals surface area contributed by atoms with Crippen molar-refractivity contribution in [1.29, 1.82) is 0 Å². The zero-order valence-corrected chi connectivity index (χ0v) is 12.2. The van der Waals surface area contributed by atoms with Gasteiger partial charge in [-0.25, -0.2) is 13.2 Å². The van der Waals surface area contributed by atoms with Gasteiger partial charge in [0.2, 0.25) is 0 Å². The fourth-order valence-electron chi connectivity index (χ4n) is 3.48. The lowest BCUT2D eigenvalue weighted by Crippen LogP contribution is -2.43. The zero-order valence-electron chi connectivity index (χ0n) is 12.2. The minimum absolute atomic E-state index is 0.392. The highest BCUT2D eigenvalue weighted by Gasteiger charge is 2.31. The van der Waals surface area contributed by atoms with E-state index in [1.807, 2.05) is 0 Å². The average molecular weight is 312 g/mol. The van der Waals surface area contributed by atoms with E-state index in [-0.39, 0.29) is 0 Å². The number of benzene rings is 1. The highest BCUT2D eigenvalue weighted by atomic mass is 19.2. The number of carbonyl (C=O) groups excluding carboxylic acids is 1. The van der Waals surface area contributed by atoms with Crippen molar-refractivity contribution in [2.45, 2.75) is 31.7 Å². The van der Waals surface area contributed by atoms with Crippen molar-refractivity contribution >= 4 is 5.91 Å². The van der Waals surface area contributed by atoms with Crippen molar-refractivity contribution < 1.29 is 18.0 Å². The summed E-state index contributed by atoms with van der Waals surface area (Å²) in [6, 6.07) is 2.32. The predicted octanol–water partition coefficient (Wildman–Crippen LogP) is 2.71. The molecule has 3 rings (SSSR count). The first-order valence-corrected chi connectivity index (χ1v) is 7.74. The summed E-state index contributed by atoms with van der Waals surface area (Å²) in [6.07, 6.45) is 4.06. The lowest BCUT2D eigenvalue weighted by molar-refractivity contribution is 0.0668. The highest BCUT2D eigenvalue weighted by Crippen LogP contribution is 2.27. The van der Waals surface area contributed by atoms with Crippen LogP contribution in [0.25, 0.3) is 0 Å². The highest BCUT2D eigenvalue weighted by molar-refractivity contribution is 5.94. The number of halogens is 3. The molecule has 1 atom stereocenters. The molecule has 2 aliphatic rings. The van der Waals surface area contributed by atoms with Gasteiger partial charge in [-0.3, -0.25) is 4.79 Å². The standard InChI is InChI=1S/C16H19F3N2O/c17-12-4-3-11(14(18)15(12)19)16(22)21-8-5-10(6-9-21)13-2-1-7-20-13/h3-4,10,13,20H,1-2,5-9H2. The number of nitrogens with one attached hydrogen (secondary N) is 1. The number of likely N-dealkylation sites (tertiary alicyclic amines) is 1. The molecule has 3 nitrogen and oxygen atoms in total. The summed E-state index contributed by atoms with van der Waals surface area (Å²) in [6.45, 7) is 2.10. The molecule has 120 valence electrons. The van der Waals surface area contributed by atoms with E-state index in [1.165, 1.54) is 11.3 Å².